The summed E-state index contributed by atoms with van der Waals surface area (Å²) in [5.74, 6) is 0.744. The van der Waals surface area contributed by atoms with Gasteiger partial charge in [-0.25, -0.2) is 4.79 Å². The summed E-state index contributed by atoms with van der Waals surface area (Å²) in [6.07, 6.45) is 3.25. The maximum Gasteiger partial charge on any atom is 0.408 e. The van der Waals surface area contributed by atoms with Crippen LogP contribution in [0.5, 0.6) is 0 Å². The van der Waals surface area contributed by atoms with Crippen LogP contribution in [-0.4, -0.2) is 68.8 Å². The number of rotatable bonds is 11. The van der Waals surface area contributed by atoms with Gasteiger partial charge in [0.1, 0.15) is 5.60 Å². The van der Waals surface area contributed by atoms with Crippen molar-refractivity contribution in [2.45, 2.75) is 84.5 Å². The van der Waals surface area contributed by atoms with Crippen LogP contribution in [0, 0.1) is 0 Å². The number of carbonyl (C=O) groups excluding carboxylic acids is 1. The standard InChI is InChI=1S/C21H42N4O4/c1-7-21(8-2,25-19(26)29-20(4,5)6)16-24-18(22-9-3)23-12-10-13-28-17-11-14-27-15-17/h17H,7-16H2,1-6H3,(H,25,26)(H2,22,23,24). The smallest absolute Gasteiger partial charge is 0.408 e. The molecule has 0 spiro atoms. The zero-order chi connectivity index (χ0) is 21.8. The van der Waals surface area contributed by atoms with Crippen molar-refractivity contribution in [1.29, 1.82) is 0 Å². The minimum atomic E-state index is -0.524. The quantitative estimate of drug-likeness (QED) is 0.273. The maximum absolute atomic E-state index is 12.3. The molecular weight excluding hydrogens is 372 g/mol. The predicted molar refractivity (Wildman–Crippen MR) is 116 cm³/mol. The number of nitrogens with zero attached hydrogens (tertiary/aromatic N) is 1. The molecule has 0 radical (unpaired) electrons. The Kier molecular flexibility index (Phi) is 11.3. The van der Waals surface area contributed by atoms with Gasteiger partial charge in [-0.2, -0.15) is 0 Å². The molecule has 1 aliphatic heterocycles. The van der Waals surface area contributed by atoms with Gasteiger partial charge >= 0.3 is 6.09 Å². The van der Waals surface area contributed by atoms with Crippen molar-refractivity contribution < 1.29 is 19.0 Å². The highest BCUT2D eigenvalue weighted by Crippen LogP contribution is 2.17. The van der Waals surface area contributed by atoms with Crippen LogP contribution in [0.15, 0.2) is 4.99 Å². The largest absolute Gasteiger partial charge is 0.444 e. The van der Waals surface area contributed by atoms with Crippen LogP contribution >= 0.6 is 0 Å². The van der Waals surface area contributed by atoms with E-state index in [4.69, 9.17) is 19.2 Å². The highest BCUT2D eigenvalue weighted by molar-refractivity contribution is 5.79. The van der Waals surface area contributed by atoms with Crippen molar-refractivity contribution in [2.24, 2.45) is 4.99 Å². The molecule has 3 N–H and O–H groups in total. The third-order valence-electron chi connectivity index (χ3n) is 4.86. The van der Waals surface area contributed by atoms with Crippen molar-refractivity contribution in [3.63, 3.8) is 0 Å². The molecule has 0 bridgehead atoms. The van der Waals surface area contributed by atoms with Gasteiger partial charge < -0.3 is 30.2 Å². The molecule has 1 unspecified atom stereocenters. The minimum absolute atomic E-state index is 0.241. The van der Waals surface area contributed by atoms with E-state index in [1.165, 1.54) is 0 Å². The van der Waals surface area contributed by atoms with Crippen molar-refractivity contribution in [2.75, 3.05) is 39.5 Å². The molecule has 1 aliphatic rings. The molecule has 0 saturated carbocycles. The fourth-order valence-electron chi connectivity index (χ4n) is 2.96. The number of nitrogens with one attached hydrogen (secondary N) is 3. The molecule has 1 amide bonds. The lowest BCUT2D eigenvalue weighted by Crippen LogP contribution is -2.52. The lowest BCUT2D eigenvalue weighted by atomic mass is 9.93. The number of amides is 1. The molecule has 1 heterocycles. The summed E-state index contributed by atoms with van der Waals surface area (Å²) in [7, 11) is 0. The molecule has 170 valence electrons. The third-order valence-corrected chi connectivity index (χ3v) is 4.86. The van der Waals surface area contributed by atoms with Crippen LogP contribution in [0.4, 0.5) is 4.79 Å². The van der Waals surface area contributed by atoms with E-state index < -0.39 is 17.2 Å². The summed E-state index contributed by atoms with van der Waals surface area (Å²) >= 11 is 0. The molecule has 1 atom stereocenters. The number of aliphatic imine (C=N–C) groups is 1. The Morgan fingerprint density at radius 1 is 1.17 bits per heavy atom. The highest BCUT2D eigenvalue weighted by atomic mass is 16.6. The van der Waals surface area contributed by atoms with Crippen molar-refractivity contribution >= 4 is 12.1 Å². The number of guanidine groups is 1. The first-order valence-electron chi connectivity index (χ1n) is 11.0. The summed E-state index contributed by atoms with van der Waals surface area (Å²) in [4.78, 5) is 17.0. The van der Waals surface area contributed by atoms with Gasteiger partial charge in [0.05, 0.1) is 24.8 Å². The zero-order valence-corrected chi connectivity index (χ0v) is 19.2. The Hall–Kier alpha value is -1.54. The van der Waals surface area contributed by atoms with Crippen LogP contribution in [0.1, 0.15) is 67.2 Å². The Morgan fingerprint density at radius 3 is 2.45 bits per heavy atom. The predicted octanol–water partition coefficient (Wildman–Crippen LogP) is 2.82. The second-order valence-electron chi connectivity index (χ2n) is 8.45. The monoisotopic (exact) mass is 414 g/mol. The van der Waals surface area contributed by atoms with Gasteiger partial charge in [-0.15, -0.1) is 0 Å². The molecule has 0 aromatic heterocycles. The molecular formula is C21H42N4O4. The van der Waals surface area contributed by atoms with Crippen LogP contribution in [-0.2, 0) is 14.2 Å². The first kappa shape index (κ1) is 25.5. The van der Waals surface area contributed by atoms with Gasteiger partial charge in [0.2, 0.25) is 0 Å². The van der Waals surface area contributed by atoms with Gasteiger partial charge in [-0.05, 0) is 53.4 Å². The molecule has 1 saturated heterocycles. The number of alkyl carbamates (subject to hydrolysis) is 1. The lowest BCUT2D eigenvalue weighted by Gasteiger charge is -2.32. The molecule has 0 aromatic rings. The lowest BCUT2D eigenvalue weighted by molar-refractivity contribution is 0.0419. The Bertz CT molecular complexity index is 495. The van der Waals surface area contributed by atoms with Crippen LogP contribution in [0.25, 0.3) is 0 Å². The van der Waals surface area contributed by atoms with E-state index in [-0.39, 0.29) is 6.10 Å². The molecule has 29 heavy (non-hydrogen) atoms. The summed E-state index contributed by atoms with van der Waals surface area (Å²) in [5, 5.41) is 9.64. The number of carbonyl (C=O) groups is 1. The van der Waals surface area contributed by atoms with E-state index in [2.05, 4.69) is 29.8 Å². The van der Waals surface area contributed by atoms with Crippen molar-refractivity contribution in [3.05, 3.63) is 0 Å². The summed E-state index contributed by atoms with van der Waals surface area (Å²) in [6.45, 7) is 16.0. The third kappa shape index (κ3) is 10.7. The van der Waals surface area contributed by atoms with E-state index >= 15 is 0 Å². The number of ether oxygens (including phenoxy) is 3. The average molecular weight is 415 g/mol. The van der Waals surface area contributed by atoms with Crippen LogP contribution in [0.2, 0.25) is 0 Å². The van der Waals surface area contributed by atoms with Crippen LogP contribution < -0.4 is 16.0 Å². The fourth-order valence-corrected chi connectivity index (χ4v) is 2.96. The minimum Gasteiger partial charge on any atom is -0.444 e. The Morgan fingerprint density at radius 2 is 1.90 bits per heavy atom. The topological polar surface area (TPSA) is 93.2 Å². The van der Waals surface area contributed by atoms with Gasteiger partial charge in [0, 0.05) is 26.3 Å². The summed E-state index contributed by atoms with van der Waals surface area (Å²) in [5.41, 5.74) is -0.958. The Labute approximate surface area is 176 Å². The SMILES string of the molecule is CCNC(=NCC(CC)(CC)NC(=O)OC(C)(C)C)NCCCOC1CCOC1. The summed E-state index contributed by atoms with van der Waals surface area (Å²) < 4.78 is 16.5. The molecule has 0 aliphatic carbocycles. The van der Waals surface area contributed by atoms with E-state index in [0.29, 0.717) is 19.8 Å². The normalized spacial score (nSPS) is 17.9. The average Bonchev–Trinajstić information content (AvgIpc) is 3.16. The van der Waals surface area contributed by atoms with E-state index in [1.807, 2.05) is 27.7 Å². The summed E-state index contributed by atoms with van der Waals surface area (Å²) in [6, 6.07) is 0. The van der Waals surface area contributed by atoms with Crippen molar-refractivity contribution in [1.82, 2.24) is 16.0 Å². The number of hydrogen-bond acceptors (Lipinski definition) is 5. The second-order valence-corrected chi connectivity index (χ2v) is 8.45. The highest BCUT2D eigenvalue weighted by Gasteiger charge is 2.30. The molecule has 1 rings (SSSR count). The van der Waals surface area contributed by atoms with Crippen molar-refractivity contribution in [3.8, 4) is 0 Å². The van der Waals surface area contributed by atoms with Gasteiger partial charge in [0.25, 0.3) is 0 Å². The fraction of sp³-hybridized carbons (Fsp3) is 0.905. The van der Waals surface area contributed by atoms with E-state index in [0.717, 1.165) is 51.3 Å². The maximum atomic E-state index is 12.3. The van der Waals surface area contributed by atoms with E-state index in [1.54, 1.807) is 0 Å². The van der Waals surface area contributed by atoms with Crippen LogP contribution in [0.3, 0.4) is 0 Å². The van der Waals surface area contributed by atoms with E-state index in [9.17, 15) is 4.79 Å². The van der Waals surface area contributed by atoms with Gasteiger partial charge in [0.15, 0.2) is 5.96 Å². The first-order valence-corrected chi connectivity index (χ1v) is 11.0. The Balaban J connectivity index is 2.53. The molecule has 0 aromatic carbocycles. The zero-order valence-electron chi connectivity index (χ0n) is 19.2. The van der Waals surface area contributed by atoms with Gasteiger partial charge in [-0.3, -0.25) is 4.99 Å². The molecule has 8 heteroatoms. The molecule has 1 fully saturated rings. The number of hydrogen-bond donors (Lipinski definition) is 3. The first-order chi connectivity index (χ1) is 13.7. The molecule has 8 nitrogen and oxygen atoms in total. The van der Waals surface area contributed by atoms with Gasteiger partial charge in [-0.1, -0.05) is 13.8 Å². The second kappa shape index (κ2) is 12.9.